The van der Waals surface area contributed by atoms with E-state index in [0.29, 0.717) is 35.3 Å². The number of nitrogens with zero attached hydrogens (tertiary/aromatic N) is 3. The normalized spacial score (nSPS) is 11.0. The average molecular weight is 333 g/mol. The number of hydrogen-bond donors (Lipinski definition) is 2. The summed E-state index contributed by atoms with van der Waals surface area (Å²) in [6.07, 6.45) is 0.571. The van der Waals surface area contributed by atoms with Gasteiger partial charge < -0.3 is 15.1 Å². The summed E-state index contributed by atoms with van der Waals surface area (Å²) in [5.41, 5.74) is 8.76. The smallest absolute Gasteiger partial charge is 0.249 e. The maximum absolute atomic E-state index is 12.3. The molecule has 4 rings (SSSR count). The van der Waals surface area contributed by atoms with Crippen LogP contribution in [-0.2, 0) is 6.42 Å². The number of carbonyl (C=O) groups excluding carboxylic acids is 1. The number of para-hydroxylation sites is 3. The van der Waals surface area contributed by atoms with E-state index in [4.69, 9.17) is 10.2 Å². The first-order chi connectivity index (χ1) is 12.2. The largest absolute Gasteiger partial charge is 0.421 e. The number of imidazole rings is 1. The number of aromatic amines is 1. The van der Waals surface area contributed by atoms with E-state index < -0.39 is 0 Å². The molecule has 0 aliphatic carbocycles. The molecule has 25 heavy (non-hydrogen) atoms. The van der Waals surface area contributed by atoms with Crippen molar-refractivity contribution in [2.24, 2.45) is 0 Å². The lowest BCUT2D eigenvalue weighted by Crippen LogP contribution is -2.03. The van der Waals surface area contributed by atoms with Crippen LogP contribution < -0.4 is 5.73 Å². The number of Topliss-reactive ketones (excluding diaryl/α,β-unsaturated/α-hetero) is 1. The summed E-state index contributed by atoms with van der Waals surface area (Å²) < 4.78 is 5.61. The Kier molecular flexibility index (Phi) is 3.74. The van der Waals surface area contributed by atoms with Crippen molar-refractivity contribution in [3.05, 3.63) is 60.2 Å². The predicted molar refractivity (Wildman–Crippen MR) is 92.9 cm³/mol. The fourth-order valence-electron chi connectivity index (χ4n) is 2.58. The molecule has 0 radical (unpaired) electrons. The lowest BCUT2D eigenvalue weighted by molar-refractivity contribution is 0.0971. The molecule has 0 saturated heterocycles. The van der Waals surface area contributed by atoms with E-state index in [2.05, 4.69) is 20.2 Å². The third kappa shape index (κ3) is 2.99. The minimum absolute atomic E-state index is 0.102. The van der Waals surface area contributed by atoms with Crippen molar-refractivity contribution in [1.82, 2.24) is 20.2 Å². The van der Waals surface area contributed by atoms with Crippen LogP contribution in [-0.4, -0.2) is 25.9 Å². The molecule has 0 fully saturated rings. The third-order valence-electron chi connectivity index (χ3n) is 3.88. The highest BCUT2D eigenvalue weighted by Gasteiger charge is 2.15. The molecule has 7 nitrogen and oxygen atoms in total. The number of rotatable bonds is 5. The summed E-state index contributed by atoms with van der Waals surface area (Å²) in [4.78, 5) is 19.6. The summed E-state index contributed by atoms with van der Waals surface area (Å²) in [6, 6.07) is 14.8. The number of nitrogens with one attached hydrogen (secondary N) is 1. The zero-order valence-corrected chi connectivity index (χ0v) is 13.3. The molecular formula is C18H15N5O2. The molecule has 0 aliphatic rings. The van der Waals surface area contributed by atoms with Crippen LogP contribution in [0.25, 0.3) is 22.5 Å². The second-order valence-electron chi connectivity index (χ2n) is 5.61. The summed E-state index contributed by atoms with van der Waals surface area (Å²) in [6.45, 7) is 0. The summed E-state index contributed by atoms with van der Waals surface area (Å²) in [5.74, 6) is 0.982. The van der Waals surface area contributed by atoms with Crippen molar-refractivity contribution >= 4 is 22.5 Å². The van der Waals surface area contributed by atoms with Crippen LogP contribution in [0.1, 0.15) is 22.9 Å². The summed E-state index contributed by atoms with van der Waals surface area (Å²) in [7, 11) is 0. The summed E-state index contributed by atoms with van der Waals surface area (Å²) in [5, 5.41) is 7.99. The van der Waals surface area contributed by atoms with Gasteiger partial charge in [0.25, 0.3) is 0 Å². The van der Waals surface area contributed by atoms with E-state index in [9.17, 15) is 4.79 Å². The number of carbonyl (C=O) groups is 1. The molecule has 124 valence electrons. The Balaban J connectivity index is 1.46. The molecule has 2 aromatic carbocycles. The van der Waals surface area contributed by atoms with Crippen LogP contribution in [0.3, 0.4) is 0 Å². The van der Waals surface area contributed by atoms with Crippen molar-refractivity contribution in [2.75, 3.05) is 5.73 Å². The molecule has 0 saturated carbocycles. The van der Waals surface area contributed by atoms with Gasteiger partial charge in [-0.05, 0) is 24.3 Å². The number of aryl methyl sites for hydroxylation is 1. The van der Waals surface area contributed by atoms with Crippen molar-refractivity contribution < 1.29 is 9.21 Å². The zero-order valence-electron chi connectivity index (χ0n) is 13.3. The Morgan fingerprint density at radius 2 is 1.88 bits per heavy atom. The van der Waals surface area contributed by atoms with Gasteiger partial charge in [0.2, 0.25) is 11.8 Å². The van der Waals surface area contributed by atoms with Crippen molar-refractivity contribution in [1.29, 1.82) is 0 Å². The molecule has 3 N–H and O–H groups in total. The van der Waals surface area contributed by atoms with Gasteiger partial charge in [-0.15, -0.1) is 10.2 Å². The monoisotopic (exact) mass is 333 g/mol. The molecule has 0 atom stereocenters. The lowest BCUT2D eigenvalue weighted by atomic mass is 10.2. The Labute approximate surface area is 142 Å². The average Bonchev–Trinajstić information content (AvgIpc) is 3.27. The van der Waals surface area contributed by atoms with Crippen LogP contribution in [0.5, 0.6) is 0 Å². The number of nitrogens with two attached hydrogens (primary N) is 1. The van der Waals surface area contributed by atoms with E-state index in [1.165, 1.54) is 0 Å². The molecule has 7 heteroatoms. The first-order valence-corrected chi connectivity index (χ1v) is 7.86. The highest BCUT2D eigenvalue weighted by atomic mass is 16.4. The second kappa shape index (κ2) is 6.20. The van der Waals surface area contributed by atoms with E-state index in [-0.39, 0.29) is 12.2 Å². The Bertz CT molecular complexity index is 1020. The molecule has 2 heterocycles. The number of nitrogen functional groups attached to an aromatic ring is 1. The SMILES string of the molecule is Nc1ccccc1-c1nnc(CCC(=O)c2nc3ccccc3[nH]2)o1. The molecule has 0 bridgehead atoms. The molecule has 0 aliphatic heterocycles. The van der Waals surface area contributed by atoms with Crippen LogP contribution in [0.15, 0.2) is 52.9 Å². The number of ketones is 1. The van der Waals surface area contributed by atoms with E-state index in [1.807, 2.05) is 42.5 Å². The van der Waals surface area contributed by atoms with Gasteiger partial charge in [-0.25, -0.2) is 4.98 Å². The van der Waals surface area contributed by atoms with Crippen LogP contribution in [0, 0.1) is 0 Å². The fourth-order valence-corrected chi connectivity index (χ4v) is 2.58. The van der Waals surface area contributed by atoms with Crippen LogP contribution >= 0.6 is 0 Å². The third-order valence-corrected chi connectivity index (χ3v) is 3.88. The van der Waals surface area contributed by atoms with Gasteiger partial charge in [-0.1, -0.05) is 24.3 Å². The minimum Gasteiger partial charge on any atom is -0.421 e. The number of fused-ring (bicyclic) bond motifs is 1. The standard InChI is InChI=1S/C18H15N5O2/c19-12-6-2-1-5-11(12)18-23-22-16(25-18)10-9-15(24)17-20-13-7-3-4-8-14(13)21-17/h1-8H,9-10,19H2,(H,20,21). The predicted octanol–water partition coefficient (Wildman–Crippen LogP) is 3.01. The first-order valence-electron chi connectivity index (χ1n) is 7.86. The topological polar surface area (TPSA) is 111 Å². The zero-order chi connectivity index (χ0) is 17.2. The van der Waals surface area contributed by atoms with E-state index >= 15 is 0 Å². The minimum atomic E-state index is -0.102. The molecule has 2 aromatic heterocycles. The van der Waals surface area contributed by atoms with Gasteiger partial charge in [-0.2, -0.15) is 0 Å². The number of H-pyrrole nitrogens is 1. The van der Waals surface area contributed by atoms with Crippen LogP contribution in [0.4, 0.5) is 5.69 Å². The molecule has 0 unspecified atom stereocenters. The number of anilines is 1. The van der Waals surface area contributed by atoms with Gasteiger partial charge in [-0.3, -0.25) is 4.79 Å². The number of aromatic nitrogens is 4. The number of hydrogen-bond acceptors (Lipinski definition) is 6. The van der Waals surface area contributed by atoms with Crippen LogP contribution in [0.2, 0.25) is 0 Å². The van der Waals surface area contributed by atoms with Gasteiger partial charge in [0.15, 0.2) is 11.6 Å². The first kappa shape index (κ1) is 15.1. The lowest BCUT2D eigenvalue weighted by Gasteiger charge is -1.98. The number of benzene rings is 2. The Morgan fingerprint density at radius 1 is 1.08 bits per heavy atom. The quantitative estimate of drug-likeness (QED) is 0.429. The van der Waals surface area contributed by atoms with Crippen molar-refractivity contribution in [2.45, 2.75) is 12.8 Å². The highest BCUT2D eigenvalue weighted by Crippen LogP contribution is 2.24. The van der Waals surface area contributed by atoms with Gasteiger partial charge >= 0.3 is 0 Å². The van der Waals surface area contributed by atoms with Gasteiger partial charge in [0, 0.05) is 18.5 Å². The molecule has 4 aromatic rings. The van der Waals surface area contributed by atoms with Gasteiger partial charge in [0.1, 0.15) is 0 Å². The molecule has 0 amide bonds. The highest BCUT2D eigenvalue weighted by molar-refractivity contribution is 5.95. The molecular weight excluding hydrogens is 318 g/mol. The van der Waals surface area contributed by atoms with E-state index in [1.54, 1.807) is 6.07 Å². The van der Waals surface area contributed by atoms with Crippen molar-refractivity contribution in [3.8, 4) is 11.5 Å². The van der Waals surface area contributed by atoms with Gasteiger partial charge in [0.05, 0.1) is 16.6 Å². The Hall–Kier alpha value is -3.48. The Morgan fingerprint density at radius 3 is 2.72 bits per heavy atom. The fraction of sp³-hybridized carbons (Fsp3) is 0.111. The maximum Gasteiger partial charge on any atom is 0.249 e. The maximum atomic E-state index is 12.3. The molecule has 0 spiro atoms. The summed E-state index contributed by atoms with van der Waals surface area (Å²) >= 11 is 0. The van der Waals surface area contributed by atoms with Crippen molar-refractivity contribution in [3.63, 3.8) is 0 Å². The van der Waals surface area contributed by atoms with E-state index in [0.717, 1.165) is 11.0 Å². The second-order valence-corrected chi connectivity index (χ2v) is 5.61.